The lowest BCUT2D eigenvalue weighted by atomic mass is 10.2. The molecule has 0 fully saturated rings. The molecule has 0 saturated heterocycles. The molecule has 0 atom stereocenters. The van der Waals surface area contributed by atoms with E-state index in [-0.39, 0.29) is 6.61 Å². The topological polar surface area (TPSA) is 34.4 Å². The Kier molecular flexibility index (Phi) is 5.87. The van der Waals surface area contributed by atoms with E-state index >= 15 is 0 Å². The van der Waals surface area contributed by atoms with E-state index in [1.807, 2.05) is 0 Å². The molecule has 0 aliphatic heterocycles. The van der Waals surface area contributed by atoms with Gasteiger partial charge in [-0.05, 0) is 25.5 Å². The third-order valence-corrected chi connectivity index (χ3v) is 2.45. The van der Waals surface area contributed by atoms with E-state index in [0.29, 0.717) is 29.5 Å². The number of alkyl halides is 3. The predicted molar refractivity (Wildman–Crippen MR) is 65.7 cm³/mol. The molecule has 1 N–H and O–H groups in total. The average molecular weight is 279 g/mol. The maximum Gasteiger partial charge on any atom is 0.411 e. The van der Waals surface area contributed by atoms with Crippen LogP contribution in [-0.2, 0) is 17.9 Å². The standard InChI is InChI=1S/C13H20F3NO2/c1-9(2)5-17-6-12-4-11(10(3)19-12)7-18-8-13(14,15)16/h4,9,17H,5-8H2,1-3H3. The highest BCUT2D eigenvalue weighted by Gasteiger charge is 2.27. The molecular weight excluding hydrogens is 259 g/mol. The molecule has 6 heteroatoms. The zero-order valence-electron chi connectivity index (χ0n) is 11.4. The molecule has 0 spiro atoms. The third kappa shape index (κ3) is 6.63. The van der Waals surface area contributed by atoms with Gasteiger partial charge in [-0.3, -0.25) is 0 Å². The minimum absolute atomic E-state index is 0.0843. The van der Waals surface area contributed by atoms with Gasteiger partial charge in [0.2, 0.25) is 0 Å². The molecular formula is C13H20F3NO2. The second kappa shape index (κ2) is 6.96. The van der Waals surface area contributed by atoms with E-state index < -0.39 is 12.8 Å². The lowest BCUT2D eigenvalue weighted by molar-refractivity contribution is -0.176. The maximum absolute atomic E-state index is 11.9. The minimum atomic E-state index is -4.29. The summed E-state index contributed by atoms with van der Waals surface area (Å²) in [5.41, 5.74) is 0.658. The van der Waals surface area contributed by atoms with Crippen molar-refractivity contribution in [3.63, 3.8) is 0 Å². The van der Waals surface area contributed by atoms with Crippen LogP contribution in [0.25, 0.3) is 0 Å². The summed E-state index contributed by atoms with van der Waals surface area (Å²) < 4.78 is 45.9. The highest BCUT2D eigenvalue weighted by molar-refractivity contribution is 5.19. The quantitative estimate of drug-likeness (QED) is 0.830. The summed E-state index contributed by atoms with van der Waals surface area (Å²) in [5, 5.41) is 3.21. The maximum atomic E-state index is 11.9. The van der Waals surface area contributed by atoms with Gasteiger partial charge in [-0.2, -0.15) is 13.2 Å². The van der Waals surface area contributed by atoms with Gasteiger partial charge in [0.1, 0.15) is 18.1 Å². The molecule has 0 aliphatic rings. The Hall–Kier alpha value is -1.01. The van der Waals surface area contributed by atoms with Gasteiger partial charge < -0.3 is 14.5 Å². The monoisotopic (exact) mass is 279 g/mol. The number of rotatable bonds is 7. The highest BCUT2D eigenvalue weighted by atomic mass is 19.4. The van der Waals surface area contributed by atoms with E-state index in [4.69, 9.17) is 4.42 Å². The van der Waals surface area contributed by atoms with Crippen LogP contribution >= 0.6 is 0 Å². The van der Waals surface area contributed by atoms with E-state index in [1.54, 1.807) is 13.0 Å². The summed E-state index contributed by atoms with van der Waals surface area (Å²) in [6.45, 7) is 6.02. The Morgan fingerprint density at radius 1 is 1.37 bits per heavy atom. The van der Waals surface area contributed by atoms with Gasteiger partial charge in [0.25, 0.3) is 0 Å². The van der Waals surface area contributed by atoms with Crippen molar-refractivity contribution in [2.75, 3.05) is 13.2 Å². The molecule has 0 saturated carbocycles. The fourth-order valence-corrected chi connectivity index (χ4v) is 1.58. The lowest BCUT2D eigenvalue weighted by Crippen LogP contribution is -2.18. The van der Waals surface area contributed by atoms with Crippen LogP contribution in [0.3, 0.4) is 0 Å². The summed E-state index contributed by atoms with van der Waals surface area (Å²) in [4.78, 5) is 0. The molecule has 0 aliphatic carbocycles. The van der Waals surface area contributed by atoms with E-state index in [1.165, 1.54) is 0 Å². The van der Waals surface area contributed by atoms with Gasteiger partial charge in [0.05, 0.1) is 13.2 Å². The molecule has 1 aromatic heterocycles. The van der Waals surface area contributed by atoms with Crippen LogP contribution in [0.15, 0.2) is 10.5 Å². The third-order valence-electron chi connectivity index (χ3n) is 2.45. The lowest BCUT2D eigenvalue weighted by Gasteiger charge is -2.06. The number of aryl methyl sites for hydroxylation is 1. The first-order valence-electron chi connectivity index (χ1n) is 6.21. The van der Waals surface area contributed by atoms with E-state index in [2.05, 4.69) is 23.9 Å². The van der Waals surface area contributed by atoms with Gasteiger partial charge in [0.15, 0.2) is 0 Å². The van der Waals surface area contributed by atoms with Crippen molar-refractivity contribution in [3.05, 3.63) is 23.2 Å². The normalized spacial score (nSPS) is 12.4. The first-order chi connectivity index (χ1) is 8.78. The van der Waals surface area contributed by atoms with Crippen LogP contribution < -0.4 is 5.32 Å². The zero-order chi connectivity index (χ0) is 14.5. The molecule has 19 heavy (non-hydrogen) atoms. The summed E-state index contributed by atoms with van der Waals surface area (Å²) in [7, 11) is 0. The van der Waals surface area contributed by atoms with Crippen molar-refractivity contribution in [1.82, 2.24) is 5.32 Å². The molecule has 0 aromatic carbocycles. The largest absolute Gasteiger partial charge is 0.465 e. The minimum Gasteiger partial charge on any atom is -0.465 e. The number of halogens is 3. The van der Waals surface area contributed by atoms with Gasteiger partial charge in [0, 0.05) is 5.56 Å². The van der Waals surface area contributed by atoms with E-state index in [0.717, 1.165) is 6.54 Å². The molecule has 3 nitrogen and oxygen atoms in total. The van der Waals surface area contributed by atoms with Gasteiger partial charge in [-0.25, -0.2) is 0 Å². The van der Waals surface area contributed by atoms with Crippen molar-refractivity contribution in [2.24, 2.45) is 5.92 Å². The van der Waals surface area contributed by atoms with Crippen LogP contribution in [0.2, 0.25) is 0 Å². The first-order valence-corrected chi connectivity index (χ1v) is 6.21. The van der Waals surface area contributed by atoms with Crippen LogP contribution in [-0.4, -0.2) is 19.3 Å². The summed E-state index contributed by atoms with van der Waals surface area (Å²) in [6, 6.07) is 1.74. The molecule has 0 unspecified atom stereocenters. The Morgan fingerprint density at radius 2 is 2.05 bits per heavy atom. The molecule has 0 amide bonds. The number of hydrogen-bond donors (Lipinski definition) is 1. The van der Waals surface area contributed by atoms with Crippen LogP contribution in [0.5, 0.6) is 0 Å². The van der Waals surface area contributed by atoms with Crippen LogP contribution in [0.4, 0.5) is 13.2 Å². The summed E-state index contributed by atoms with van der Waals surface area (Å²) in [5.74, 6) is 1.85. The first kappa shape index (κ1) is 16.0. The molecule has 0 radical (unpaired) electrons. The Labute approximate surface area is 111 Å². The summed E-state index contributed by atoms with van der Waals surface area (Å²) >= 11 is 0. The molecule has 1 heterocycles. The second-order valence-electron chi connectivity index (χ2n) is 4.93. The molecule has 1 aromatic rings. The zero-order valence-corrected chi connectivity index (χ0v) is 11.4. The molecule has 1 rings (SSSR count). The fraction of sp³-hybridized carbons (Fsp3) is 0.692. The van der Waals surface area contributed by atoms with E-state index in [9.17, 15) is 13.2 Å². The van der Waals surface area contributed by atoms with Crippen LogP contribution in [0.1, 0.15) is 30.9 Å². The molecule has 0 bridgehead atoms. The Morgan fingerprint density at radius 3 is 2.63 bits per heavy atom. The number of hydrogen-bond acceptors (Lipinski definition) is 3. The second-order valence-corrected chi connectivity index (χ2v) is 4.93. The van der Waals surface area contributed by atoms with Gasteiger partial charge in [-0.15, -0.1) is 0 Å². The summed E-state index contributed by atoms with van der Waals surface area (Å²) in [6.07, 6.45) is -4.29. The van der Waals surface area contributed by atoms with Crippen LogP contribution in [0, 0.1) is 12.8 Å². The SMILES string of the molecule is Cc1oc(CNCC(C)C)cc1COCC(F)(F)F. The van der Waals surface area contributed by atoms with Crippen molar-refractivity contribution in [3.8, 4) is 0 Å². The highest BCUT2D eigenvalue weighted by Crippen LogP contribution is 2.19. The number of ether oxygens (including phenoxy) is 1. The predicted octanol–water partition coefficient (Wildman–Crippen LogP) is 3.41. The van der Waals surface area contributed by atoms with Crippen molar-refractivity contribution < 1.29 is 22.3 Å². The number of nitrogens with one attached hydrogen (secondary N) is 1. The van der Waals surface area contributed by atoms with Gasteiger partial charge >= 0.3 is 6.18 Å². The average Bonchev–Trinajstić information content (AvgIpc) is 2.57. The fourth-order valence-electron chi connectivity index (χ4n) is 1.58. The van der Waals surface area contributed by atoms with Crippen molar-refractivity contribution in [2.45, 2.75) is 40.1 Å². The van der Waals surface area contributed by atoms with Gasteiger partial charge in [-0.1, -0.05) is 13.8 Å². The Balaban J connectivity index is 2.41. The van der Waals surface area contributed by atoms with Crippen molar-refractivity contribution in [1.29, 1.82) is 0 Å². The smallest absolute Gasteiger partial charge is 0.411 e. The van der Waals surface area contributed by atoms with Crippen molar-refractivity contribution >= 4 is 0 Å². The Bertz CT molecular complexity index is 386. The molecule has 110 valence electrons. The number of furan rings is 1.